The Morgan fingerprint density at radius 2 is 1.62 bits per heavy atom. The number of allylic oxidation sites excluding steroid dienone is 1. The Morgan fingerprint density at radius 3 is 2.41 bits per heavy atom. The van der Waals surface area contributed by atoms with E-state index in [2.05, 4.69) is 59.5 Å². The second-order valence-electron chi connectivity index (χ2n) is 8.73. The second kappa shape index (κ2) is 8.22. The van der Waals surface area contributed by atoms with Crippen LogP contribution >= 0.6 is 23.5 Å². The van der Waals surface area contributed by atoms with Gasteiger partial charge in [0, 0.05) is 57.9 Å². The Kier molecular flexibility index (Phi) is 5.15. The molecule has 4 nitrogen and oxygen atoms in total. The van der Waals surface area contributed by atoms with Crippen LogP contribution in [-0.2, 0) is 0 Å². The molecular formula is C28H22N2O2S2. The van der Waals surface area contributed by atoms with E-state index in [1.54, 1.807) is 23.9 Å². The zero-order valence-corrected chi connectivity index (χ0v) is 20.5. The maximum Gasteiger partial charge on any atom is 0.270 e. The summed E-state index contributed by atoms with van der Waals surface area (Å²) in [5.41, 5.74) is 7.06. The first-order chi connectivity index (χ1) is 16.5. The molecule has 2 heterocycles. The van der Waals surface area contributed by atoms with E-state index >= 15 is 0 Å². The molecular weight excluding hydrogens is 460 g/mol. The van der Waals surface area contributed by atoms with Crippen molar-refractivity contribution in [3.05, 3.63) is 99.6 Å². The number of nitro benzene ring substituents is 1. The monoisotopic (exact) mass is 482 g/mol. The van der Waals surface area contributed by atoms with Gasteiger partial charge in [0.05, 0.1) is 4.92 Å². The summed E-state index contributed by atoms with van der Waals surface area (Å²) in [5.74, 6) is 0.990. The molecule has 4 aromatic rings. The van der Waals surface area contributed by atoms with Gasteiger partial charge in [0.1, 0.15) is 0 Å². The topological polar surface area (TPSA) is 46.4 Å². The predicted molar refractivity (Wildman–Crippen MR) is 143 cm³/mol. The molecule has 0 N–H and O–H groups in total. The van der Waals surface area contributed by atoms with Crippen LogP contribution in [0.25, 0.3) is 21.9 Å². The number of benzene rings is 4. The number of rotatable bonds is 2. The first kappa shape index (κ1) is 21.3. The Hall–Kier alpha value is -3.22. The van der Waals surface area contributed by atoms with Gasteiger partial charge in [-0.3, -0.25) is 10.1 Å². The van der Waals surface area contributed by atoms with Gasteiger partial charge in [-0.15, -0.1) is 11.8 Å². The summed E-state index contributed by atoms with van der Waals surface area (Å²) in [4.78, 5) is 17.1. The lowest BCUT2D eigenvalue weighted by molar-refractivity contribution is -0.384. The maximum absolute atomic E-state index is 11.7. The van der Waals surface area contributed by atoms with Crippen molar-refractivity contribution in [2.75, 3.05) is 24.7 Å². The normalized spacial score (nSPS) is 16.5. The van der Waals surface area contributed by atoms with Gasteiger partial charge < -0.3 is 4.90 Å². The molecule has 0 atom stereocenters. The van der Waals surface area contributed by atoms with Crippen molar-refractivity contribution < 1.29 is 4.92 Å². The van der Waals surface area contributed by atoms with Crippen LogP contribution < -0.4 is 4.90 Å². The zero-order chi connectivity index (χ0) is 23.4. The number of nitro groups is 1. The number of hydrogen-bond acceptors (Lipinski definition) is 5. The first-order valence-electron chi connectivity index (χ1n) is 11.2. The molecule has 6 heteroatoms. The quantitative estimate of drug-likeness (QED) is 0.190. The molecule has 4 aromatic carbocycles. The summed E-state index contributed by atoms with van der Waals surface area (Å²) >= 11 is 3.59. The van der Waals surface area contributed by atoms with E-state index in [4.69, 9.17) is 0 Å². The van der Waals surface area contributed by atoms with Gasteiger partial charge in [0.25, 0.3) is 5.69 Å². The van der Waals surface area contributed by atoms with Crippen LogP contribution in [0.2, 0.25) is 0 Å². The van der Waals surface area contributed by atoms with Gasteiger partial charge in [0.15, 0.2) is 0 Å². The highest BCUT2D eigenvalue weighted by molar-refractivity contribution is 7.99. The molecule has 0 aliphatic carbocycles. The highest BCUT2D eigenvalue weighted by Crippen LogP contribution is 2.53. The van der Waals surface area contributed by atoms with E-state index in [1.807, 2.05) is 31.9 Å². The van der Waals surface area contributed by atoms with Crippen molar-refractivity contribution in [3.8, 4) is 0 Å². The van der Waals surface area contributed by atoms with E-state index in [1.165, 1.54) is 31.7 Å². The molecule has 0 bridgehead atoms. The molecule has 0 saturated heterocycles. The van der Waals surface area contributed by atoms with E-state index in [0.717, 1.165) is 39.5 Å². The molecule has 0 radical (unpaired) electrons. The third-order valence-electron chi connectivity index (χ3n) is 6.52. The lowest BCUT2D eigenvalue weighted by atomic mass is 9.85. The number of anilines is 1. The molecule has 34 heavy (non-hydrogen) atoms. The molecule has 2 aliphatic rings. The molecule has 0 spiro atoms. The fraction of sp³-hybridized carbons (Fsp3) is 0.143. The molecule has 0 aromatic heterocycles. The van der Waals surface area contributed by atoms with Crippen molar-refractivity contribution >= 4 is 56.8 Å². The minimum atomic E-state index is -0.293. The molecule has 168 valence electrons. The summed E-state index contributed by atoms with van der Waals surface area (Å²) in [6, 6.07) is 24.8. The third-order valence-corrected chi connectivity index (χ3v) is 8.73. The molecule has 6 rings (SSSR count). The number of non-ortho nitro benzene ring substituents is 1. The van der Waals surface area contributed by atoms with Gasteiger partial charge in [-0.2, -0.15) is 0 Å². The third kappa shape index (κ3) is 3.40. The predicted octanol–water partition coefficient (Wildman–Crippen LogP) is 7.73. The average Bonchev–Trinajstić information content (AvgIpc) is 2.86. The van der Waals surface area contributed by atoms with Crippen molar-refractivity contribution in [1.29, 1.82) is 0 Å². The van der Waals surface area contributed by atoms with E-state index < -0.39 is 0 Å². The van der Waals surface area contributed by atoms with E-state index in [9.17, 15) is 10.1 Å². The van der Waals surface area contributed by atoms with Crippen LogP contribution in [-0.4, -0.2) is 24.8 Å². The summed E-state index contributed by atoms with van der Waals surface area (Å²) in [7, 11) is 4.09. The summed E-state index contributed by atoms with van der Waals surface area (Å²) in [6.45, 7) is 0. The largest absolute Gasteiger partial charge is 0.378 e. The van der Waals surface area contributed by atoms with Crippen LogP contribution in [0.15, 0.2) is 87.5 Å². The van der Waals surface area contributed by atoms with Gasteiger partial charge in [0.2, 0.25) is 0 Å². The standard InChI is InChI=1S/C28H22N2O2S2/c1-29(2)18-8-11-24-22(15-18)27(23-16-19(30(31)32)9-12-25(23)34-24)21-13-14-33-26-10-7-17-5-3-4-6-20(17)28(21)26/h3-12,15-16H,13-14H2,1-2H3/b27-21+. The number of fused-ring (bicyclic) bond motifs is 5. The summed E-state index contributed by atoms with van der Waals surface area (Å²) < 4.78 is 0. The fourth-order valence-electron chi connectivity index (χ4n) is 4.91. The number of thioether (sulfide) groups is 1. The van der Waals surface area contributed by atoms with Gasteiger partial charge in [-0.05, 0) is 69.8 Å². The SMILES string of the molecule is CN(C)c1ccc2c(c1)/C(=C1/CCSc3ccc4ccccc4c31)c1cc([N+](=O)[O-])ccc1S2. The highest BCUT2D eigenvalue weighted by Gasteiger charge is 2.29. The fourth-order valence-corrected chi connectivity index (χ4v) is 7.03. The molecule has 0 amide bonds. The average molecular weight is 483 g/mol. The molecule has 0 saturated carbocycles. The Balaban J connectivity index is 1.74. The van der Waals surface area contributed by atoms with Crippen molar-refractivity contribution in [3.63, 3.8) is 0 Å². The number of hydrogen-bond donors (Lipinski definition) is 0. The molecule has 0 unspecified atom stereocenters. The summed E-state index contributed by atoms with van der Waals surface area (Å²) in [5, 5.41) is 14.2. The van der Waals surface area contributed by atoms with Crippen molar-refractivity contribution in [1.82, 2.24) is 0 Å². The molecule has 2 aliphatic heterocycles. The van der Waals surface area contributed by atoms with E-state index in [0.29, 0.717) is 0 Å². The first-order valence-corrected chi connectivity index (χ1v) is 13.0. The summed E-state index contributed by atoms with van der Waals surface area (Å²) in [6.07, 6.45) is 0.916. The van der Waals surface area contributed by atoms with Crippen LogP contribution in [0.4, 0.5) is 11.4 Å². The lowest BCUT2D eigenvalue weighted by Gasteiger charge is -2.29. The van der Waals surface area contributed by atoms with E-state index in [-0.39, 0.29) is 10.6 Å². The van der Waals surface area contributed by atoms with Gasteiger partial charge in [-0.1, -0.05) is 42.1 Å². The van der Waals surface area contributed by atoms with Gasteiger partial charge in [-0.25, -0.2) is 0 Å². The minimum absolute atomic E-state index is 0.132. The van der Waals surface area contributed by atoms with Crippen LogP contribution in [0.1, 0.15) is 23.1 Å². The van der Waals surface area contributed by atoms with Crippen LogP contribution in [0.5, 0.6) is 0 Å². The highest BCUT2D eigenvalue weighted by atomic mass is 32.2. The maximum atomic E-state index is 11.7. The Labute approximate surface area is 206 Å². The Morgan fingerprint density at radius 1 is 0.882 bits per heavy atom. The minimum Gasteiger partial charge on any atom is -0.378 e. The van der Waals surface area contributed by atoms with Crippen molar-refractivity contribution in [2.24, 2.45) is 0 Å². The van der Waals surface area contributed by atoms with Gasteiger partial charge >= 0.3 is 0 Å². The second-order valence-corrected chi connectivity index (χ2v) is 10.9. The van der Waals surface area contributed by atoms with Crippen LogP contribution in [0, 0.1) is 10.1 Å². The molecule has 0 fully saturated rings. The number of nitrogens with zero attached hydrogens (tertiary/aromatic N) is 2. The smallest absolute Gasteiger partial charge is 0.270 e. The zero-order valence-electron chi connectivity index (χ0n) is 18.9. The van der Waals surface area contributed by atoms with Crippen LogP contribution in [0.3, 0.4) is 0 Å². The Bertz CT molecular complexity index is 1520. The lowest BCUT2D eigenvalue weighted by Crippen LogP contribution is -2.11. The van der Waals surface area contributed by atoms with Crippen molar-refractivity contribution in [2.45, 2.75) is 21.1 Å².